The highest BCUT2D eigenvalue weighted by molar-refractivity contribution is 5.47. The monoisotopic (exact) mass is 300 g/mol. The molecule has 4 heteroatoms. The van der Waals surface area contributed by atoms with E-state index in [9.17, 15) is 0 Å². The van der Waals surface area contributed by atoms with E-state index in [1.165, 1.54) is 0 Å². The van der Waals surface area contributed by atoms with Crippen molar-refractivity contribution in [2.75, 3.05) is 12.5 Å². The molecule has 0 amide bonds. The molecule has 0 radical (unpaired) electrons. The lowest BCUT2D eigenvalue weighted by Gasteiger charge is -2.19. The van der Waals surface area contributed by atoms with Crippen molar-refractivity contribution < 1.29 is 9.47 Å². The van der Waals surface area contributed by atoms with Crippen LogP contribution >= 0.6 is 0 Å². The average molecular weight is 300 g/mol. The summed E-state index contributed by atoms with van der Waals surface area (Å²) in [4.78, 5) is 0. The highest BCUT2D eigenvalue weighted by Crippen LogP contribution is 2.32. The van der Waals surface area contributed by atoms with Crippen LogP contribution in [0.15, 0.2) is 48.5 Å². The normalized spacial score (nSPS) is 11.8. The molecule has 0 fully saturated rings. The van der Waals surface area contributed by atoms with Crippen LogP contribution in [0.5, 0.6) is 11.5 Å². The SMILES string of the molecule is CCC(C)Oc1c(CNNc2ccccc2)cccc1OC. The first kappa shape index (κ1) is 16.2. The standard InChI is InChI=1S/C18H24N2O2/c1-4-14(2)22-18-15(9-8-12-17(18)21-3)13-19-20-16-10-6-5-7-11-16/h5-12,14,19-20H,4,13H2,1-3H3. The topological polar surface area (TPSA) is 42.5 Å². The maximum atomic E-state index is 6.03. The molecule has 2 N–H and O–H groups in total. The second-order valence-corrected chi connectivity index (χ2v) is 5.13. The van der Waals surface area contributed by atoms with Crippen LogP contribution in [-0.2, 0) is 6.54 Å². The van der Waals surface area contributed by atoms with Gasteiger partial charge in [-0.3, -0.25) is 0 Å². The van der Waals surface area contributed by atoms with Crippen LogP contribution in [0.2, 0.25) is 0 Å². The van der Waals surface area contributed by atoms with Gasteiger partial charge in [0.05, 0.1) is 13.2 Å². The van der Waals surface area contributed by atoms with Crippen LogP contribution in [0, 0.1) is 0 Å². The van der Waals surface area contributed by atoms with E-state index in [2.05, 4.69) is 24.7 Å². The summed E-state index contributed by atoms with van der Waals surface area (Å²) < 4.78 is 11.4. The first-order valence-corrected chi connectivity index (χ1v) is 7.61. The van der Waals surface area contributed by atoms with E-state index in [1.807, 2.05) is 48.5 Å². The molecule has 0 aliphatic rings. The zero-order valence-electron chi connectivity index (χ0n) is 13.4. The molecule has 2 aromatic rings. The van der Waals surface area contributed by atoms with E-state index >= 15 is 0 Å². The van der Waals surface area contributed by atoms with Gasteiger partial charge in [0.1, 0.15) is 0 Å². The number of anilines is 1. The molecule has 118 valence electrons. The predicted octanol–water partition coefficient (Wildman–Crippen LogP) is 3.99. The lowest BCUT2D eigenvalue weighted by atomic mass is 10.1. The molecule has 0 aromatic heterocycles. The number of para-hydroxylation sites is 2. The summed E-state index contributed by atoms with van der Waals surface area (Å²) in [5.41, 5.74) is 8.48. The van der Waals surface area contributed by atoms with E-state index in [-0.39, 0.29) is 6.10 Å². The third-order valence-corrected chi connectivity index (χ3v) is 3.46. The van der Waals surface area contributed by atoms with Crippen molar-refractivity contribution in [1.29, 1.82) is 0 Å². The van der Waals surface area contributed by atoms with Gasteiger partial charge in [-0.25, -0.2) is 5.43 Å². The highest BCUT2D eigenvalue weighted by atomic mass is 16.5. The molecular weight excluding hydrogens is 276 g/mol. The molecule has 1 unspecified atom stereocenters. The summed E-state index contributed by atoms with van der Waals surface area (Å²) >= 11 is 0. The number of benzene rings is 2. The van der Waals surface area contributed by atoms with E-state index in [1.54, 1.807) is 7.11 Å². The summed E-state index contributed by atoms with van der Waals surface area (Å²) in [6.45, 7) is 4.80. The Morgan fingerprint density at radius 3 is 2.50 bits per heavy atom. The number of nitrogens with one attached hydrogen (secondary N) is 2. The van der Waals surface area contributed by atoms with Gasteiger partial charge in [-0.05, 0) is 31.5 Å². The van der Waals surface area contributed by atoms with Crippen LogP contribution in [-0.4, -0.2) is 13.2 Å². The number of methoxy groups -OCH3 is 1. The quantitative estimate of drug-likeness (QED) is 0.723. The Balaban J connectivity index is 2.05. The van der Waals surface area contributed by atoms with Crippen molar-refractivity contribution >= 4 is 5.69 Å². The van der Waals surface area contributed by atoms with Crippen molar-refractivity contribution in [3.63, 3.8) is 0 Å². The summed E-state index contributed by atoms with van der Waals surface area (Å²) in [7, 11) is 1.66. The van der Waals surface area contributed by atoms with Crippen molar-refractivity contribution in [3.8, 4) is 11.5 Å². The molecule has 0 aliphatic heterocycles. The minimum Gasteiger partial charge on any atom is -0.493 e. The molecular formula is C18H24N2O2. The van der Waals surface area contributed by atoms with Crippen LogP contribution in [0.4, 0.5) is 5.69 Å². The fourth-order valence-corrected chi connectivity index (χ4v) is 2.04. The lowest BCUT2D eigenvalue weighted by Crippen LogP contribution is -2.22. The van der Waals surface area contributed by atoms with Gasteiger partial charge in [0.2, 0.25) is 0 Å². The summed E-state index contributed by atoms with van der Waals surface area (Å²) in [5, 5.41) is 0. The first-order chi connectivity index (χ1) is 10.7. The number of hydrogen-bond donors (Lipinski definition) is 2. The van der Waals surface area contributed by atoms with Gasteiger partial charge in [-0.1, -0.05) is 37.3 Å². The lowest BCUT2D eigenvalue weighted by molar-refractivity contribution is 0.205. The molecule has 22 heavy (non-hydrogen) atoms. The van der Waals surface area contributed by atoms with Crippen LogP contribution in [0.1, 0.15) is 25.8 Å². The molecule has 0 heterocycles. The van der Waals surface area contributed by atoms with Crippen molar-refractivity contribution in [1.82, 2.24) is 5.43 Å². The Kier molecular flexibility index (Phi) is 6.10. The molecule has 2 rings (SSSR count). The molecule has 4 nitrogen and oxygen atoms in total. The smallest absolute Gasteiger partial charge is 0.166 e. The molecule has 1 atom stereocenters. The van der Waals surface area contributed by atoms with Gasteiger partial charge in [0, 0.05) is 17.8 Å². The number of hydrogen-bond acceptors (Lipinski definition) is 4. The van der Waals surface area contributed by atoms with E-state index in [0.29, 0.717) is 6.54 Å². The van der Waals surface area contributed by atoms with Gasteiger partial charge in [0.15, 0.2) is 11.5 Å². The highest BCUT2D eigenvalue weighted by Gasteiger charge is 2.13. The number of rotatable bonds is 8. The molecule has 0 saturated carbocycles. The number of ether oxygens (including phenoxy) is 2. The minimum absolute atomic E-state index is 0.150. The Labute approximate surface area is 132 Å². The molecule has 2 aromatic carbocycles. The fourth-order valence-electron chi connectivity index (χ4n) is 2.04. The van der Waals surface area contributed by atoms with E-state index in [4.69, 9.17) is 9.47 Å². The summed E-state index contributed by atoms with van der Waals surface area (Å²) in [6.07, 6.45) is 1.10. The Morgan fingerprint density at radius 2 is 1.82 bits per heavy atom. The van der Waals surface area contributed by atoms with Crippen LogP contribution < -0.4 is 20.3 Å². The van der Waals surface area contributed by atoms with Gasteiger partial charge in [0.25, 0.3) is 0 Å². The van der Waals surface area contributed by atoms with Crippen LogP contribution in [0.25, 0.3) is 0 Å². The Hall–Kier alpha value is -2.20. The number of hydrazine groups is 1. The molecule has 0 bridgehead atoms. The van der Waals surface area contributed by atoms with Gasteiger partial charge < -0.3 is 14.9 Å². The third kappa shape index (κ3) is 4.40. The maximum Gasteiger partial charge on any atom is 0.166 e. The first-order valence-electron chi connectivity index (χ1n) is 7.61. The van der Waals surface area contributed by atoms with E-state index < -0.39 is 0 Å². The largest absolute Gasteiger partial charge is 0.493 e. The summed E-state index contributed by atoms with van der Waals surface area (Å²) in [6, 6.07) is 15.9. The minimum atomic E-state index is 0.150. The molecule has 0 saturated heterocycles. The van der Waals surface area contributed by atoms with Crippen molar-refractivity contribution in [2.45, 2.75) is 32.9 Å². The van der Waals surface area contributed by atoms with E-state index in [0.717, 1.165) is 29.2 Å². The fraction of sp³-hybridized carbons (Fsp3) is 0.333. The molecule has 0 aliphatic carbocycles. The average Bonchev–Trinajstić information content (AvgIpc) is 2.57. The Morgan fingerprint density at radius 1 is 1.05 bits per heavy atom. The summed E-state index contributed by atoms with van der Waals surface area (Å²) in [5.74, 6) is 1.57. The zero-order valence-corrected chi connectivity index (χ0v) is 13.4. The van der Waals surface area contributed by atoms with Crippen molar-refractivity contribution in [2.24, 2.45) is 0 Å². The second-order valence-electron chi connectivity index (χ2n) is 5.13. The van der Waals surface area contributed by atoms with Gasteiger partial charge >= 0.3 is 0 Å². The zero-order chi connectivity index (χ0) is 15.8. The van der Waals surface area contributed by atoms with Crippen molar-refractivity contribution in [3.05, 3.63) is 54.1 Å². The second kappa shape index (κ2) is 8.29. The van der Waals surface area contributed by atoms with Gasteiger partial charge in [-0.2, -0.15) is 0 Å². The van der Waals surface area contributed by atoms with Crippen LogP contribution in [0.3, 0.4) is 0 Å². The predicted molar refractivity (Wildman–Crippen MR) is 90.3 cm³/mol. The molecule has 0 spiro atoms. The van der Waals surface area contributed by atoms with Gasteiger partial charge in [-0.15, -0.1) is 0 Å². The third-order valence-electron chi connectivity index (χ3n) is 3.46. The maximum absolute atomic E-state index is 6.03. The Bertz CT molecular complexity index is 573.